The molecule has 1 unspecified atom stereocenters. The molecule has 57 heavy (non-hydrogen) atoms. The first kappa shape index (κ1) is 40.9. The lowest BCUT2D eigenvalue weighted by Crippen LogP contribution is -2.48. The van der Waals surface area contributed by atoms with E-state index in [1.54, 1.807) is 19.2 Å². The van der Waals surface area contributed by atoms with E-state index in [1.807, 2.05) is 19.1 Å². The van der Waals surface area contributed by atoms with Crippen LogP contribution in [0.15, 0.2) is 57.8 Å². The molecule has 1 aromatic carbocycles. The molecule has 2 aromatic heterocycles. The van der Waals surface area contributed by atoms with Crippen LogP contribution < -0.4 is 27.8 Å². The Bertz CT molecular complexity index is 2200. The van der Waals surface area contributed by atoms with E-state index >= 15 is 0 Å². The molecule has 0 spiro atoms. The summed E-state index contributed by atoms with van der Waals surface area (Å²) in [5.41, 5.74) is 12.6. The average molecular weight is 786 g/mol. The van der Waals surface area contributed by atoms with Crippen LogP contribution in [0, 0.1) is 17.8 Å². The summed E-state index contributed by atoms with van der Waals surface area (Å²) in [6.07, 6.45) is 5.27. The van der Waals surface area contributed by atoms with Gasteiger partial charge in [-0.05, 0) is 62.6 Å². The maximum absolute atomic E-state index is 13.7. The van der Waals surface area contributed by atoms with Crippen molar-refractivity contribution in [3.05, 3.63) is 75.6 Å². The molecule has 0 radical (unpaired) electrons. The third kappa shape index (κ3) is 9.63. The zero-order valence-electron chi connectivity index (χ0n) is 32.2. The topological polar surface area (TPSA) is 199 Å². The molecular formula is C40H49F2N11O4. The highest BCUT2D eigenvalue weighted by Gasteiger charge is 2.32. The lowest BCUT2D eigenvalue weighted by molar-refractivity contribution is -0.135. The number of imidazole rings is 1. The van der Waals surface area contributed by atoms with Crippen molar-refractivity contribution < 1.29 is 23.2 Å². The molecule has 3 aromatic rings. The molecule has 3 aliphatic rings. The third-order valence-electron chi connectivity index (χ3n) is 10.9. The number of hydrogen-bond donors (Lipinski definition) is 4. The fraction of sp³-hybridized carbons (Fsp3) is 0.475. The highest BCUT2D eigenvalue weighted by molar-refractivity contribution is 6.19. The molecule has 17 heteroatoms. The van der Waals surface area contributed by atoms with E-state index in [2.05, 4.69) is 47.2 Å². The van der Waals surface area contributed by atoms with Crippen molar-refractivity contribution in [2.75, 3.05) is 39.3 Å². The maximum atomic E-state index is 13.7. The Kier molecular flexibility index (Phi) is 13.3. The Balaban J connectivity index is 0.980. The van der Waals surface area contributed by atoms with Gasteiger partial charge in [-0.2, -0.15) is 0 Å². The third-order valence-corrected chi connectivity index (χ3v) is 10.9. The average Bonchev–Trinajstić information content (AvgIpc) is 3.46. The molecule has 302 valence electrons. The van der Waals surface area contributed by atoms with E-state index in [4.69, 9.17) is 11.5 Å². The van der Waals surface area contributed by atoms with E-state index in [0.29, 0.717) is 41.2 Å². The van der Waals surface area contributed by atoms with E-state index in [-0.39, 0.29) is 47.6 Å². The molecule has 2 saturated heterocycles. The van der Waals surface area contributed by atoms with Crippen molar-refractivity contribution in [2.45, 2.75) is 70.4 Å². The normalized spacial score (nSPS) is 21.7. The Morgan fingerprint density at radius 1 is 1.09 bits per heavy atom. The number of halogens is 2. The Labute approximate surface area is 329 Å². The summed E-state index contributed by atoms with van der Waals surface area (Å²) >= 11 is 0. The van der Waals surface area contributed by atoms with Crippen LogP contribution in [-0.2, 0) is 27.9 Å². The number of nitrogens with zero attached hydrogens (tertiary/aromatic N) is 7. The zero-order chi connectivity index (χ0) is 40.6. The summed E-state index contributed by atoms with van der Waals surface area (Å²) in [5, 5.41) is 4.78. The first-order valence-electron chi connectivity index (χ1n) is 19.3. The fourth-order valence-electron chi connectivity index (χ4n) is 7.63. The highest BCUT2D eigenvalue weighted by atomic mass is 19.3. The lowest BCUT2D eigenvalue weighted by atomic mass is 9.86. The van der Waals surface area contributed by atoms with Gasteiger partial charge in [-0.25, -0.2) is 23.5 Å². The number of carbonyl (C=O) groups excluding carboxylic acids is 3. The molecule has 15 nitrogen and oxygen atoms in total. The van der Waals surface area contributed by atoms with Crippen LogP contribution in [-0.4, -0.2) is 105 Å². The monoisotopic (exact) mass is 785 g/mol. The summed E-state index contributed by atoms with van der Waals surface area (Å²) in [6, 6.07) is 6.36. The number of amides is 3. The molecule has 6 rings (SSSR count). The van der Waals surface area contributed by atoms with Crippen LogP contribution in [0.4, 0.5) is 8.78 Å². The first-order valence-corrected chi connectivity index (χ1v) is 19.3. The lowest BCUT2D eigenvalue weighted by Gasteiger charge is -2.37. The molecular weight excluding hydrogens is 737 g/mol. The van der Waals surface area contributed by atoms with Gasteiger partial charge < -0.3 is 21.7 Å². The Morgan fingerprint density at radius 2 is 1.82 bits per heavy atom. The standard InChI is InChI=1S/C40H49F2N11O4/c1-3-27-15-16-45-37(47-27)29(22-43)38(55)48-30(34(44)36(41)42)23-46-28-11-9-25(10-12-28)24-52-20-18-51(19-21-52)17-5-7-26-6-4-8-31-35(26)50(2)40(57)53(31)32-13-14-33(54)49-39(32)56/h4,6,8,15-16,22-23,25,28,32,36H,3,9-14,17-21,24,43-44H2,1-2H3,(H,48,55)(H,49,54,56). The number of fused-ring (bicyclic) bond motifs is 1. The number of aliphatic imine (C=N–C) groups is 1. The molecule has 3 amide bonds. The smallest absolute Gasteiger partial charge is 0.329 e. The Morgan fingerprint density at radius 3 is 2.51 bits per heavy atom. The number of nitrogens with two attached hydrogens (primary N) is 2. The van der Waals surface area contributed by atoms with Gasteiger partial charge in [-0.3, -0.25) is 38.7 Å². The van der Waals surface area contributed by atoms with Gasteiger partial charge in [-0.15, -0.1) is 0 Å². The largest absolute Gasteiger partial charge is 0.404 e. The summed E-state index contributed by atoms with van der Waals surface area (Å²) in [5.74, 6) is 5.53. The van der Waals surface area contributed by atoms with Gasteiger partial charge in [0.25, 0.3) is 12.3 Å². The molecule has 1 atom stereocenters. The van der Waals surface area contributed by atoms with Gasteiger partial charge in [-0.1, -0.05) is 24.8 Å². The van der Waals surface area contributed by atoms with Crippen LogP contribution in [0.1, 0.15) is 68.6 Å². The quantitative estimate of drug-likeness (QED) is 0.0963. The molecule has 1 saturated carbocycles. The number of aromatic nitrogens is 4. The molecule has 4 heterocycles. The molecule has 2 aliphatic heterocycles. The van der Waals surface area contributed by atoms with Crippen molar-refractivity contribution in [3.8, 4) is 11.8 Å². The van der Waals surface area contributed by atoms with Crippen LogP contribution in [0.25, 0.3) is 16.6 Å². The van der Waals surface area contributed by atoms with Crippen molar-refractivity contribution >= 4 is 40.5 Å². The SMILES string of the molecule is CCc1ccnc(C(=CN)C(=O)NC(C=NC2CCC(CN3CCN(CC#Cc4cccc5c4n(C)c(=O)n5C4CCC(=O)NC4=O)CC3)CC2)=C(N)C(F)F)n1. The predicted octanol–water partition coefficient (Wildman–Crippen LogP) is 1.82. The summed E-state index contributed by atoms with van der Waals surface area (Å²) < 4.78 is 30.3. The zero-order valence-corrected chi connectivity index (χ0v) is 32.2. The van der Waals surface area contributed by atoms with Gasteiger partial charge in [0, 0.05) is 70.5 Å². The first-order chi connectivity index (χ1) is 27.5. The number of hydrogen-bond acceptors (Lipinski definition) is 11. The second kappa shape index (κ2) is 18.5. The van der Waals surface area contributed by atoms with Gasteiger partial charge in [0.05, 0.1) is 40.5 Å². The van der Waals surface area contributed by atoms with E-state index in [1.165, 1.54) is 21.5 Å². The summed E-state index contributed by atoms with van der Waals surface area (Å²) in [7, 11) is 1.67. The van der Waals surface area contributed by atoms with Gasteiger partial charge in [0.1, 0.15) is 11.7 Å². The second-order valence-corrected chi connectivity index (χ2v) is 14.6. The van der Waals surface area contributed by atoms with Crippen LogP contribution in [0.3, 0.4) is 0 Å². The molecule has 3 fully saturated rings. The number of aryl methyl sites for hydroxylation is 2. The summed E-state index contributed by atoms with van der Waals surface area (Å²) in [6.45, 7) is 6.99. The van der Waals surface area contributed by atoms with E-state index in [0.717, 1.165) is 64.6 Å². The molecule has 1 aliphatic carbocycles. The van der Waals surface area contributed by atoms with E-state index in [9.17, 15) is 28.0 Å². The number of alkyl halides is 2. The van der Waals surface area contributed by atoms with Crippen LogP contribution in [0.5, 0.6) is 0 Å². The number of nitrogens with one attached hydrogen (secondary N) is 2. The van der Waals surface area contributed by atoms with Gasteiger partial charge >= 0.3 is 5.69 Å². The number of rotatable bonds is 11. The van der Waals surface area contributed by atoms with Gasteiger partial charge in [0.15, 0.2) is 5.82 Å². The molecule has 0 bridgehead atoms. The number of imide groups is 1. The second-order valence-electron chi connectivity index (χ2n) is 14.6. The minimum atomic E-state index is -3.00. The van der Waals surface area contributed by atoms with Crippen LogP contribution in [0.2, 0.25) is 0 Å². The van der Waals surface area contributed by atoms with Crippen molar-refractivity contribution in [1.82, 2.24) is 39.5 Å². The number of piperazine rings is 1. The highest BCUT2D eigenvalue weighted by Crippen LogP contribution is 2.28. The minimum Gasteiger partial charge on any atom is -0.404 e. The number of allylic oxidation sites excluding steroid dienone is 2. The fourth-order valence-corrected chi connectivity index (χ4v) is 7.63. The van der Waals surface area contributed by atoms with Crippen LogP contribution >= 0.6 is 0 Å². The minimum absolute atomic E-state index is 0.0732. The van der Waals surface area contributed by atoms with Crippen molar-refractivity contribution in [3.63, 3.8) is 0 Å². The number of benzene rings is 1. The summed E-state index contributed by atoms with van der Waals surface area (Å²) in [4.78, 5) is 68.3. The number of carbonyl (C=O) groups is 3. The molecule has 6 N–H and O–H groups in total. The van der Waals surface area contributed by atoms with Crippen molar-refractivity contribution in [2.24, 2.45) is 29.4 Å². The predicted molar refractivity (Wildman–Crippen MR) is 212 cm³/mol. The Hall–Kier alpha value is -5.73. The van der Waals surface area contributed by atoms with Crippen molar-refractivity contribution in [1.29, 1.82) is 0 Å². The number of para-hydroxylation sites is 1. The number of piperidine rings is 1. The maximum Gasteiger partial charge on any atom is 0.329 e. The van der Waals surface area contributed by atoms with Gasteiger partial charge in [0.2, 0.25) is 11.8 Å². The van der Waals surface area contributed by atoms with E-state index < -0.39 is 30.0 Å².